The molecule has 0 bridgehead atoms. The SMILES string of the molecule is CC(C)N(Cc1cccs1)c1ccc(C#N)c(Br)c1F. The minimum absolute atomic E-state index is 0.159. The van der Waals surface area contributed by atoms with Crippen LogP contribution in [0, 0.1) is 17.1 Å². The Morgan fingerprint density at radius 3 is 2.70 bits per heavy atom. The smallest absolute Gasteiger partial charge is 0.162 e. The molecule has 0 N–H and O–H groups in total. The highest BCUT2D eigenvalue weighted by atomic mass is 79.9. The zero-order chi connectivity index (χ0) is 14.7. The van der Waals surface area contributed by atoms with Gasteiger partial charge in [0.2, 0.25) is 0 Å². The number of thiophene rings is 1. The molecule has 1 heterocycles. The molecule has 0 saturated heterocycles. The predicted octanol–water partition coefficient (Wildman–Crippen LogP) is 4.94. The first-order valence-corrected chi connectivity index (χ1v) is 7.89. The third-order valence-electron chi connectivity index (χ3n) is 3.02. The molecule has 0 saturated carbocycles. The Hall–Kier alpha value is -1.38. The molecule has 0 aliphatic heterocycles. The fourth-order valence-electron chi connectivity index (χ4n) is 1.96. The van der Waals surface area contributed by atoms with Crippen LogP contribution in [0.5, 0.6) is 0 Å². The normalized spacial score (nSPS) is 10.6. The average Bonchev–Trinajstić information content (AvgIpc) is 2.92. The first-order valence-electron chi connectivity index (χ1n) is 6.21. The molecule has 1 aromatic carbocycles. The van der Waals surface area contributed by atoms with Gasteiger partial charge in [0, 0.05) is 10.9 Å². The van der Waals surface area contributed by atoms with Crippen molar-refractivity contribution in [2.24, 2.45) is 0 Å². The minimum Gasteiger partial charge on any atom is -0.362 e. The van der Waals surface area contributed by atoms with Crippen molar-refractivity contribution < 1.29 is 4.39 Å². The second-order valence-corrected chi connectivity index (χ2v) is 6.50. The van der Waals surface area contributed by atoms with Crippen LogP contribution in [-0.4, -0.2) is 6.04 Å². The van der Waals surface area contributed by atoms with Gasteiger partial charge in [-0.25, -0.2) is 4.39 Å². The Morgan fingerprint density at radius 2 is 2.15 bits per heavy atom. The summed E-state index contributed by atoms with van der Waals surface area (Å²) in [6, 6.07) is 9.48. The number of hydrogen-bond acceptors (Lipinski definition) is 3. The van der Waals surface area contributed by atoms with Crippen molar-refractivity contribution in [1.82, 2.24) is 0 Å². The van der Waals surface area contributed by atoms with Gasteiger partial charge in [0.15, 0.2) is 5.82 Å². The lowest BCUT2D eigenvalue weighted by Gasteiger charge is -2.29. The van der Waals surface area contributed by atoms with Crippen LogP contribution in [0.3, 0.4) is 0 Å². The number of rotatable bonds is 4. The summed E-state index contributed by atoms with van der Waals surface area (Å²) in [5.74, 6) is -0.380. The fraction of sp³-hybridized carbons (Fsp3) is 0.267. The summed E-state index contributed by atoms with van der Waals surface area (Å²) in [7, 11) is 0. The van der Waals surface area contributed by atoms with Crippen molar-refractivity contribution in [2.75, 3.05) is 4.90 Å². The number of hydrogen-bond donors (Lipinski definition) is 0. The molecule has 2 nitrogen and oxygen atoms in total. The van der Waals surface area contributed by atoms with Crippen LogP contribution in [0.15, 0.2) is 34.1 Å². The van der Waals surface area contributed by atoms with E-state index in [1.807, 2.05) is 42.3 Å². The van der Waals surface area contributed by atoms with Gasteiger partial charge < -0.3 is 4.90 Å². The second kappa shape index (κ2) is 6.38. The molecule has 2 rings (SSSR count). The van der Waals surface area contributed by atoms with E-state index in [0.717, 1.165) is 0 Å². The van der Waals surface area contributed by atoms with Crippen LogP contribution >= 0.6 is 27.3 Å². The van der Waals surface area contributed by atoms with Crippen LogP contribution < -0.4 is 4.90 Å². The van der Waals surface area contributed by atoms with Gasteiger partial charge in [-0.1, -0.05) is 6.07 Å². The number of anilines is 1. The lowest BCUT2D eigenvalue weighted by Crippen LogP contribution is -2.30. The Bertz CT molecular complexity index is 632. The van der Waals surface area contributed by atoms with Crippen LogP contribution in [0.25, 0.3) is 0 Å². The van der Waals surface area contributed by atoms with Gasteiger partial charge in [-0.2, -0.15) is 5.26 Å². The lowest BCUT2D eigenvalue weighted by molar-refractivity contribution is 0.594. The number of nitriles is 1. The van der Waals surface area contributed by atoms with Crippen molar-refractivity contribution in [1.29, 1.82) is 5.26 Å². The topological polar surface area (TPSA) is 27.0 Å². The molecule has 2 aromatic rings. The highest BCUT2D eigenvalue weighted by molar-refractivity contribution is 9.10. The van der Waals surface area contributed by atoms with E-state index in [4.69, 9.17) is 5.26 Å². The number of nitrogens with zero attached hydrogens (tertiary/aromatic N) is 2. The monoisotopic (exact) mass is 352 g/mol. The van der Waals surface area contributed by atoms with E-state index < -0.39 is 0 Å². The van der Waals surface area contributed by atoms with Gasteiger partial charge >= 0.3 is 0 Å². The van der Waals surface area contributed by atoms with Gasteiger partial charge in [-0.05, 0) is 53.4 Å². The summed E-state index contributed by atoms with van der Waals surface area (Å²) in [5, 5.41) is 10.9. The Balaban J connectivity index is 2.40. The largest absolute Gasteiger partial charge is 0.362 e. The van der Waals surface area contributed by atoms with E-state index in [-0.39, 0.29) is 16.3 Å². The van der Waals surface area contributed by atoms with Crippen molar-refractivity contribution >= 4 is 33.0 Å². The Morgan fingerprint density at radius 1 is 1.40 bits per heavy atom. The molecule has 0 radical (unpaired) electrons. The summed E-state index contributed by atoms with van der Waals surface area (Å²) in [6.45, 7) is 4.71. The third-order valence-corrected chi connectivity index (χ3v) is 4.66. The van der Waals surface area contributed by atoms with Crippen molar-refractivity contribution in [3.8, 4) is 6.07 Å². The second-order valence-electron chi connectivity index (χ2n) is 4.67. The third kappa shape index (κ3) is 3.02. The zero-order valence-electron chi connectivity index (χ0n) is 11.2. The van der Waals surface area contributed by atoms with Crippen molar-refractivity contribution in [2.45, 2.75) is 26.4 Å². The van der Waals surface area contributed by atoms with Crippen LogP contribution in [0.1, 0.15) is 24.3 Å². The molecule has 0 unspecified atom stereocenters. The first-order chi connectivity index (χ1) is 9.54. The predicted molar refractivity (Wildman–Crippen MR) is 84.5 cm³/mol. The lowest BCUT2D eigenvalue weighted by atomic mass is 10.1. The van der Waals surface area contributed by atoms with E-state index in [0.29, 0.717) is 17.8 Å². The molecular formula is C15H14BrFN2S. The van der Waals surface area contributed by atoms with E-state index in [1.54, 1.807) is 23.5 Å². The first kappa shape index (κ1) is 15.0. The Kier molecular flexibility index (Phi) is 4.79. The van der Waals surface area contributed by atoms with Crippen LogP contribution in [-0.2, 0) is 6.54 Å². The van der Waals surface area contributed by atoms with Crippen molar-refractivity contribution in [3.63, 3.8) is 0 Å². The van der Waals surface area contributed by atoms with E-state index >= 15 is 0 Å². The van der Waals surface area contributed by atoms with E-state index in [2.05, 4.69) is 15.9 Å². The molecule has 0 atom stereocenters. The molecule has 0 amide bonds. The van der Waals surface area contributed by atoms with E-state index in [9.17, 15) is 4.39 Å². The molecule has 1 aromatic heterocycles. The summed E-state index contributed by atoms with van der Waals surface area (Å²) in [4.78, 5) is 3.17. The highest BCUT2D eigenvalue weighted by Crippen LogP contribution is 2.31. The standard InChI is InChI=1S/C15H14BrFN2S/c1-10(2)19(9-12-4-3-7-20-12)13-6-5-11(8-18)14(16)15(13)17/h3-7,10H,9H2,1-2H3. The summed E-state index contributed by atoms with van der Waals surface area (Å²) < 4.78 is 14.7. The summed E-state index contributed by atoms with van der Waals surface area (Å²) in [6.07, 6.45) is 0. The molecular weight excluding hydrogens is 339 g/mol. The molecule has 0 aliphatic carbocycles. The summed E-state index contributed by atoms with van der Waals surface area (Å²) in [5.41, 5.74) is 0.824. The molecule has 0 aliphatic rings. The number of benzene rings is 1. The molecule has 20 heavy (non-hydrogen) atoms. The van der Waals surface area contributed by atoms with Gasteiger partial charge in [0.25, 0.3) is 0 Å². The van der Waals surface area contributed by atoms with Crippen LogP contribution in [0.4, 0.5) is 10.1 Å². The average molecular weight is 353 g/mol. The minimum atomic E-state index is -0.380. The maximum atomic E-state index is 14.5. The van der Waals surface area contributed by atoms with Gasteiger partial charge in [-0.3, -0.25) is 0 Å². The highest BCUT2D eigenvalue weighted by Gasteiger charge is 2.19. The zero-order valence-corrected chi connectivity index (χ0v) is 13.6. The van der Waals surface area contributed by atoms with Crippen LogP contribution in [0.2, 0.25) is 0 Å². The maximum absolute atomic E-state index is 14.5. The Labute approximate surface area is 130 Å². The van der Waals surface area contributed by atoms with Gasteiger partial charge in [0.1, 0.15) is 6.07 Å². The summed E-state index contributed by atoms with van der Waals surface area (Å²) >= 11 is 4.82. The molecule has 5 heteroatoms. The molecule has 0 fully saturated rings. The van der Waals surface area contributed by atoms with E-state index in [1.165, 1.54) is 4.88 Å². The molecule has 104 valence electrons. The molecule has 0 spiro atoms. The maximum Gasteiger partial charge on any atom is 0.162 e. The fourth-order valence-corrected chi connectivity index (χ4v) is 3.09. The number of halogens is 2. The van der Waals surface area contributed by atoms with Gasteiger partial charge in [-0.15, -0.1) is 11.3 Å². The van der Waals surface area contributed by atoms with Gasteiger partial charge in [0.05, 0.1) is 22.3 Å². The quantitative estimate of drug-likeness (QED) is 0.779. The van der Waals surface area contributed by atoms with Crippen molar-refractivity contribution in [3.05, 3.63) is 50.4 Å².